The summed E-state index contributed by atoms with van der Waals surface area (Å²) in [5.41, 5.74) is 4.81. The molecule has 0 spiro atoms. The third-order valence-electron chi connectivity index (χ3n) is 8.27. The number of nitrogens with zero attached hydrogens (tertiary/aromatic N) is 2. The first-order valence-corrected chi connectivity index (χ1v) is 16.9. The maximum absolute atomic E-state index is 13.8. The topological polar surface area (TPSA) is 284 Å². The number of H-pyrrole nitrogens is 3. The largest absolute Gasteiger partial charge is 0.480 e. The summed E-state index contributed by atoms with van der Waals surface area (Å²) < 4.78 is 0. The summed E-state index contributed by atoms with van der Waals surface area (Å²) in [5, 5.41) is 23.8. The van der Waals surface area contributed by atoms with Gasteiger partial charge in [0.2, 0.25) is 0 Å². The highest BCUT2D eigenvalue weighted by Gasteiger charge is 2.29. The van der Waals surface area contributed by atoms with E-state index >= 15 is 0 Å². The number of benzene rings is 1. The second-order valence-corrected chi connectivity index (χ2v) is 12.9. The molecule has 4 rings (SSSR count). The predicted molar refractivity (Wildman–Crippen MR) is 196 cm³/mol. The van der Waals surface area contributed by atoms with Crippen LogP contribution in [-0.4, -0.2) is 109 Å². The number of nitrogens with one attached hydrogen (secondary N) is 8. The molecule has 12 N–H and O–H groups in total. The van der Waals surface area contributed by atoms with Gasteiger partial charge in [-0.25, -0.2) is 9.97 Å². The molecule has 0 saturated heterocycles. The summed E-state index contributed by atoms with van der Waals surface area (Å²) in [4.78, 5) is 93.7. The molecule has 53 heavy (non-hydrogen) atoms. The van der Waals surface area contributed by atoms with Gasteiger partial charge in [-0.1, -0.05) is 32.0 Å². The van der Waals surface area contributed by atoms with E-state index in [2.05, 4.69) is 57.2 Å². The van der Waals surface area contributed by atoms with Gasteiger partial charge in [0.25, 0.3) is 23.6 Å². The van der Waals surface area contributed by atoms with Gasteiger partial charge in [-0.2, -0.15) is 0 Å². The van der Waals surface area contributed by atoms with Gasteiger partial charge >= 0.3 is 5.97 Å². The first-order chi connectivity index (χ1) is 24.8. The molecule has 0 bridgehead atoms. The number of carbonyl (C=O) groups excluding carboxylic acids is 5. The molecular formula is C34H47ClN11O7+. The van der Waals surface area contributed by atoms with Crippen LogP contribution in [0.5, 0.6) is 0 Å². The molecule has 18 nitrogen and oxygen atoms in total. The highest BCUT2D eigenvalue weighted by atomic mass is 35.5. The van der Waals surface area contributed by atoms with Crippen LogP contribution in [0.4, 0.5) is 0 Å². The molecule has 0 aliphatic heterocycles. The lowest BCUT2D eigenvalue weighted by Gasteiger charge is -2.22. The number of rotatable bonds is 19. The number of amides is 4. The lowest BCUT2D eigenvalue weighted by Crippen LogP contribution is -2.59. The highest BCUT2D eigenvalue weighted by molar-refractivity contribution is 6.07. The first-order valence-electron chi connectivity index (χ1n) is 16.9. The number of aromatic amines is 3. The van der Waals surface area contributed by atoms with Crippen molar-refractivity contribution in [3.63, 3.8) is 0 Å². The SMILES string of the molecule is CC(C)C[C@@H](CNCC(=O)[C@H](Cc1c[nH]c2ccccc12)NC(=O)c1[nH]cnc1C(=O)N[C@@H](C)C[NH3+])NC(=O)c1nc[nH]c1C(=O)N[C@@H](C)C(=O)O.Cl. The van der Waals surface area contributed by atoms with Gasteiger partial charge in [-0.3, -0.25) is 28.8 Å². The minimum atomic E-state index is -1.24. The van der Waals surface area contributed by atoms with Crippen LogP contribution in [0.3, 0.4) is 0 Å². The number of ketones is 1. The normalized spacial score (nSPS) is 13.3. The van der Waals surface area contributed by atoms with Gasteiger partial charge in [0.05, 0.1) is 37.8 Å². The first kappa shape index (κ1) is 41.8. The smallest absolute Gasteiger partial charge is 0.325 e. The van der Waals surface area contributed by atoms with Gasteiger partial charge in [-0.05, 0) is 37.8 Å². The van der Waals surface area contributed by atoms with Crippen LogP contribution in [0, 0.1) is 5.92 Å². The number of hydrogen-bond acceptors (Lipinski definition) is 9. The summed E-state index contributed by atoms with van der Waals surface area (Å²) >= 11 is 0. The van der Waals surface area contributed by atoms with E-state index in [1.807, 2.05) is 38.1 Å². The Hall–Kier alpha value is -5.59. The third kappa shape index (κ3) is 11.2. The van der Waals surface area contributed by atoms with Gasteiger partial charge in [0.1, 0.15) is 17.4 Å². The number of para-hydroxylation sites is 1. The molecule has 4 atom stereocenters. The van der Waals surface area contributed by atoms with Gasteiger partial charge in [-0.15, -0.1) is 12.4 Å². The molecule has 3 heterocycles. The van der Waals surface area contributed by atoms with Crippen LogP contribution < -0.4 is 32.3 Å². The summed E-state index contributed by atoms with van der Waals surface area (Å²) in [7, 11) is 0. The van der Waals surface area contributed by atoms with Gasteiger partial charge in [0.15, 0.2) is 17.2 Å². The fourth-order valence-corrected chi connectivity index (χ4v) is 5.48. The zero-order valence-electron chi connectivity index (χ0n) is 29.9. The van der Waals surface area contributed by atoms with Crippen LogP contribution in [-0.2, 0) is 16.0 Å². The van der Waals surface area contributed by atoms with Crippen LogP contribution in [0.25, 0.3) is 10.9 Å². The molecule has 0 aliphatic carbocycles. The lowest BCUT2D eigenvalue weighted by molar-refractivity contribution is -0.371. The Morgan fingerprint density at radius 2 is 1.42 bits per heavy atom. The minimum Gasteiger partial charge on any atom is -0.480 e. The highest BCUT2D eigenvalue weighted by Crippen LogP contribution is 2.20. The van der Waals surface area contributed by atoms with Crippen molar-refractivity contribution in [2.75, 3.05) is 19.6 Å². The zero-order valence-corrected chi connectivity index (χ0v) is 30.7. The maximum Gasteiger partial charge on any atom is 0.325 e. The summed E-state index contributed by atoms with van der Waals surface area (Å²) in [6.07, 6.45) is 4.81. The van der Waals surface area contributed by atoms with E-state index in [9.17, 15) is 28.8 Å². The molecule has 0 radical (unpaired) electrons. The predicted octanol–water partition coefficient (Wildman–Crippen LogP) is -0.0565. The summed E-state index contributed by atoms with van der Waals surface area (Å²) in [6.45, 7) is 7.39. The molecule has 1 aromatic carbocycles. The van der Waals surface area contributed by atoms with Crippen molar-refractivity contribution in [1.82, 2.24) is 51.5 Å². The molecule has 286 valence electrons. The Morgan fingerprint density at radius 3 is 2.02 bits per heavy atom. The standard InChI is InChI=1S/C34H45N11O7.ClH/c1-17(2)9-21(44-32(49)28-27(39-16-40-28)31(48)43-19(4)34(51)52)13-36-14-25(46)24(10-20-12-37-23-8-6-5-7-22(20)23)45-33(50)29-26(38-15-41-29)30(47)42-18(3)11-35;/h5-8,12,15-19,21,24,36-37H,9-11,13-14,35H2,1-4H3,(H,38,41)(H,39,40)(H,42,47)(H,43,48)(H,44,49)(H,45,50)(H,51,52);1H/p+1/t18-,19-,21-,24-;/m0./s1. The molecule has 0 fully saturated rings. The molecule has 19 heteroatoms. The van der Waals surface area contributed by atoms with E-state index in [0.717, 1.165) is 22.8 Å². The Kier molecular flexibility index (Phi) is 15.2. The van der Waals surface area contributed by atoms with E-state index in [4.69, 9.17) is 5.11 Å². The number of aromatic nitrogens is 5. The Morgan fingerprint density at radius 1 is 0.811 bits per heavy atom. The maximum atomic E-state index is 13.8. The lowest BCUT2D eigenvalue weighted by atomic mass is 10.0. The van der Waals surface area contributed by atoms with E-state index < -0.39 is 47.7 Å². The number of quaternary nitrogens is 1. The van der Waals surface area contributed by atoms with E-state index in [1.54, 1.807) is 13.1 Å². The number of fused-ring (bicyclic) bond motifs is 1. The summed E-state index contributed by atoms with van der Waals surface area (Å²) in [5.74, 6) is -4.18. The average molecular weight is 757 g/mol. The van der Waals surface area contributed by atoms with E-state index in [0.29, 0.717) is 13.0 Å². The van der Waals surface area contributed by atoms with Crippen LogP contribution in [0.15, 0.2) is 43.1 Å². The van der Waals surface area contributed by atoms with Crippen molar-refractivity contribution < 1.29 is 39.6 Å². The average Bonchev–Trinajstić information content (AvgIpc) is 3.88. The number of aliphatic carboxylic acids is 1. The van der Waals surface area contributed by atoms with Gasteiger partial charge < -0.3 is 52.4 Å². The van der Waals surface area contributed by atoms with Crippen molar-refractivity contribution in [1.29, 1.82) is 0 Å². The number of imidazole rings is 2. The quantitative estimate of drug-likeness (QED) is 0.0609. The number of carbonyl (C=O) groups is 6. The Labute approximate surface area is 311 Å². The van der Waals surface area contributed by atoms with Crippen molar-refractivity contribution in [2.24, 2.45) is 5.92 Å². The fraction of sp³-hybridized carbons (Fsp3) is 0.412. The second kappa shape index (κ2) is 19.3. The third-order valence-corrected chi connectivity index (χ3v) is 8.27. The molecule has 0 unspecified atom stereocenters. The molecule has 4 amide bonds. The second-order valence-electron chi connectivity index (χ2n) is 12.9. The molecule has 3 aromatic heterocycles. The van der Waals surface area contributed by atoms with Gasteiger partial charge in [0, 0.05) is 36.1 Å². The summed E-state index contributed by atoms with van der Waals surface area (Å²) in [6, 6.07) is 4.59. The monoisotopic (exact) mass is 756 g/mol. The van der Waals surface area contributed by atoms with Crippen molar-refractivity contribution >= 4 is 58.7 Å². The van der Waals surface area contributed by atoms with Crippen molar-refractivity contribution in [3.05, 3.63) is 71.5 Å². The van der Waals surface area contributed by atoms with Crippen molar-refractivity contribution in [3.8, 4) is 0 Å². The van der Waals surface area contributed by atoms with Crippen LogP contribution in [0.1, 0.15) is 81.6 Å². The zero-order chi connectivity index (χ0) is 37.9. The number of halogens is 1. The number of carboxylic acid groups (broad SMARTS) is 1. The van der Waals surface area contributed by atoms with Crippen molar-refractivity contribution in [2.45, 2.75) is 64.7 Å². The molecule has 0 aliphatic rings. The molecule has 4 aromatic rings. The Balaban J connectivity index is 0.00000756. The van der Waals surface area contributed by atoms with Crippen LogP contribution >= 0.6 is 12.4 Å². The van der Waals surface area contributed by atoms with E-state index in [-0.39, 0.29) is 72.4 Å². The minimum absolute atomic E-state index is 0. The Bertz CT molecular complexity index is 1900. The number of hydrogen-bond donors (Lipinski definition) is 10. The fourth-order valence-electron chi connectivity index (χ4n) is 5.48. The number of carboxylic acids is 1. The number of Topliss-reactive ketones (excluding diaryl/α,β-unsaturated/α-hetero) is 1. The molecule has 0 saturated carbocycles. The van der Waals surface area contributed by atoms with Crippen LogP contribution in [0.2, 0.25) is 0 Å². The molecular weight excluding hydrogens is 710 g/mol. The van der Waals surface area contributed by atoms with E-state index in [1.165, 1.54) is 13.3 Å².